The zero-order valence-corrected chi connectivity index (χ0v) is 15.0. The van der Waals surface area contributed by atoms with E-state index in [1.54, 1.807) is 0 Å². The number of carbonyl (C=O) groups excluding carboxylic acids is 2. The van der Waals surface area contributed by atoms with Crippen molar-refractivity contribution < 1.29 is 14.5 Å². The number of hydrogen-bond acceptors (Lipinski definition) is 5. The largest absolute Gasteiger partial charge is 0.331 e. The summed E-state index contributed by atoms with van der Waals surface area (Å²) >= 11 is 0. The first-order valence-electron chi connectivity index (χ1n) is 8.36. The van der Waals surface area contributed by atoms with Crippen LogP contribution in [-0.2, 0) is 23.1 Å². The van der Waals surface area contributed by atoms with Crippen molar-refractivity contribution in [2.24, 2.45) is 7.05 Å². The van der Waals surface area contributed by atoms with Crippen molar-refractivity contribution >= 4 is 34.6 Å². The molecule has 3 rings (SSSR count). The van der Waals surface area contributed by atoms with Gasteiger partial charge in [0.2, 0.25) is 5.91 Å². The van der Waals surface area contributed by atoms with Crippen LogP contribution >= 0.6 is 0 Å². The third-order valence-corrected chi connectivity index (χ3v) is 4.05. The van der Waals surface area contributed by atoms with Crippen molar-refractivity contribution in [2.75, 3.05) is 0 Å². The minimum absolute atomic E-state index is 0.0114. The van der Waals surface area contributed by atoms with Crippen molar-refractivity contribution in [2.45, 2.75) is 6.42 Å². The number of fused-ring (bicyclic) bond motifs is 1. The predicted octanol–water partition coefficient (Wildman–Crippen LogP) is 1.88. The molecule has 0 unspecified atom stereocenters. The Bertz CT molecular complexity index is 1070. The van der Waals surface area contributed by atoms with E-state index in [-0.39, 0.29) is 12.1 Å². The standard InChI is InChI=1S/C19H17N5O4/c1-23-16-5-3-2-4-15(16)20-17(23)12-19(26)22-21-18(25)11-8-13-6-9-14(10-7-13)24(27)28/h2-11H,12H2,1H3,(H,21,25)(H,22,26)/b11-8+. The molecule has 3 aromatic rings. The molecule has 0 aliphatic carbocycles. The molecule has 0 spiro atoms. The fraction of sp³-hybridized carbons (Fsp3) is 0.105. The van der Waals surface area contributed by atoms with Crippen LogP contribution in [0.5, 0.6) is 0 Å². The summed E-state index contributed by atoms with van der Waals surface area (Å²) in [5, 5.41) is 10.6. The number of carbonyl (C=O) groups is 2. The van der Waals surface area contributed by atoms with Gasteiger partial charge in [0.1, 0.15) is 5.82 Å². The van der Waals surface area contributed by atoms with Crippen LogP contribution in [0, 0.1) is 10.1 Å². The number of imidazole rings is 1. The second-order valence-corrected chi connectivity index (χ2v) is 5.97. The van der Waals surface area contributed by atoms with Crippen molar-refractivity contribution in [3.63, 3.8) is 0 Å². The molecule has 9 heteroatoms. The number of nitro benzene ring substituents is 1. The number of para-hydroxylation sites is 2. The molecule has 1 aromatic heterocycles. The number of hydrogen-bond donors (Lipinski definition) is 2. The number of hydrazine groups is 1. The van der Waals surface area contributed by atoms with Crippen LogP contribution in [0.2, 0.25) is 0 Å². The molecule has 28 heavy (non-hydrogen) atoms. The molecular formula is C19H17N5O4. The quantitative estimate of drug-likeness (QED) is 0.399. The van der Waals surface area contributed by atoms with Gasteiger partial charge in [0.05, 0.1) is 22.4 Å². The molecule has 0 radical (unpaired) electrons. The van der Waals surface area contributed by atoms with Gasteiger partial charge < -0.3 is 4.57 Å². The summed E-state index contributed by atoms with van der Waals surface area (Å²) in [4.78, 5) is 38.4. The summed E-state index contributed by atoms with van der Waals surface area (Å²) in [6.07, 6.45) is 2.71. The molecule has 1 heterocycles. The van der Waals surface area contributed by atoms with Gasteiger partial charge in [-0.1, -0.05) is 12.1 Å². The lowest BCUT2D eigenvalue weighted by Crippen LogP contribution is -2.41. The van der Waals surface area contributed by atoms with Gasteiger partial charge in [-0.15, -0.1) is 0 Å². The summed E-state index contributed by atoms with van der Waals surface area (Å²) in [5.74, 6) is -0.360. The Balaban J connectivity index is 1.52. The molecule has 0 saturated carbocycles. The maximum Gasteiger partial charge on any atom is 0.269 e. The van der Waals surface area contributed by atoms with Crippen LogP contribution in [0.3, 0.4) is 0 Å². The van der Waals surface area contributed by atoms with E-state index >= 15 is 0 Å². The van der Waals surface area contributed by atoms with Crippen LogP contribution in [0.25, 0.3) is 17.1 Å². The van der Waals surface area contributed by atoms with Gasteiger partial charge in [-0.05, 0) is 35.9 Å². The fourth-order valence-corrected chi connectivity index (χ4v) is 2.59. The molecule has 2 amide bonds. The number of nitrogens with zero attached hydrogens (tertiary/aromatic N) is 3. The van der Waals surface area contributed by atoms with Gasteiger partial charge in [-0.3, -0.25) is 30.6 Å². The van der Waals surface area contributed by atoms with Gasteiger partial charge in [-0.2, -0.15) is 0 Å². The average Bonchev–Trinajstić information content (AvgIpc) is 3.00. The number of non-ortho nitro benzene ring substituents is 1. The minimum atomic E-state index is -0.531. The van der Waals surface area contributed by atoms with Gasteiger partial charge in [0.15, 0.2) is 0 Å². The SMILES string of the molecule is Cn1c(CC(=O)NNC(=O)/C=C/c2ccc([N+](=O)[O-])cc2)nc2ccccc21. The molecule has 2 N–H and O–H groups in total. The highest BCUT2D eigenvalue weighted by atomic mass is 16.6. The monoisotopic (exact) mass is 379 g/mol. The van der Waals surface area contributed by atoms with Crippen LogP contribution in [0.1, 0.15) is 11.4 Å². The van der Waals surface area contributed by atoms with Crippen molar-refractivity contribution in [3.8, 4) is 0 Å². The molecule has 9 nitrogen and oxygen atoms in total. The molecule has 142 valence electrons. The highest BCUT2D eigenvalue weighted by Gasteiger charge is 2.11. The highest BCUT2D eigenvalue weighted by molar-refractivity contribution is 5.93. The number of rotatable bonds is 5. The summed E-state index contributed by atoms with van der Waals surface area (Å²) in [6.45, 7) is 0. The fourth-order valence-electron chi connectivity index (χ4n) is 2.59. The Kier molecular flexibility index (Phi) is 5.45. The summed E-state index contributed by atoms with van der Waals surface area (Å²) in [7, 11) is 1.82. The maximum atomic E-state index is 12.1. The maximum absolute atomic E-state index is 12.1. The Labute approximate surface area is 159 Å². The zero-order chi connectivity index (χ0) is 20.1. The lowest BCUT2D eigenvalue weighted by molar-refractivity contribution is -0.384. The number of nitro groups is 1. The first kappa shape index (κ1) is 18.8. The van der Waals surface area contributed by atoms with E-state index in [1.807, 2.05) is 35.9 Å². The molecule has 0 saturated heterocycles. The van der Waals surface area contributed by atoms with Gasteiger partial charge >= 0.3 is 0 Å². The Hall–Kier alpha value is -4.01. The Morgan fingerprint density at radius 1 is 1.14 bits per heavy atom. The molecule has 0 atom stereocenters. The van der Waals surface area contributed by atoms with Crippen molar-refractivity contribution in [1.29, 1.82) is 0 Å². The second-order valence-electron chi connectivity index (χ2n) is 5.97. The van der Waals surface area contributed by atoms with E-state index < -0.39 is 16.7 Å². The van der Waals surface area contributed by atoms with Gasteiger partial charge in [-0.25, -0.2) is 4.98 Å². The van der Waals surface area contributed by atoms with E-state index in [2.05, 4.69) is 15.8 Å². The van der Waals surface area contributed by atoms with Crippen LogP contribution in [-0.4, -0.2) is 26.3 Å². The first-order valence-corrected chi connectivity index (χ1v) is 8.36. The van der Waals surface area contributed by atoms with Crippen LogP contribution in [0.15, 0.2) is 54.6 Å². The number of nitrogens with one attached hydrogen (secondary N) is 2. The smallest absolute Gasteiger partial charge is 0.269 e. The zero-order valence-electron chi connectivity index (χ0n) is 15.0. The molecule has 0 fully saturated rings. The summed E-state index contributed by atoms with van der Waals surface area (Å²) in [6, 6.07) is 13.3. The number of aryl methyl sites for hydroxylation is 1. The molecule has 2 aromatic carbocycles. The summed E-state index contributed by atoms with van der Waals surface area (Å²) in [5.41, 5.74) is 6.91. The Morgan fingerprint density at radius 3 is 2.54 bits per heavy atom. The van der Waals surface area contributed by atoms with E-state index in [1.165, 1.54) is 36.4 Å². The highest BCUT2D eigenvalue weighted by Crippen LogP contribution is 2.14. The van der Waals surface area contributed by atoms with Gasteiger partial charge in [0, 0.05) is 25.3 Å². The number of amides is 2. The number of benzene rings is 2. The third-order valence-electron chi connectivity index (χ3n) is 4.05. The average molecular weight is 379 g/mol. The molecular weight excluding hydrogens is 362 g/mol. The van der Waals surface area contributed by atoms with Gasteiger partial charge in [0.25, 0.3) is 11.6 Å². The first-order chi connectivity index (χ1) is 13.4. The minimum Gasteiger partial charge on any atom is -0.331 e. The number of aromatic nitrogens is 2. The normalized spacial score (nSPS) is 10.9. The van der Waals surface area contributed by atoms with E-state index in [0.717, 1.165) is 11.0 Å². The van der Waals surface area contributed by atoms with Crippen LogP contribution in [0.4, 0.5) is 5.69 Å². The third kappa shape index (κ3) is 4.39. The van der Waals surface area contributed by atoms with Crippen LogP contribution < -0.4 is 10.9 Å². The topological polar surface area (TPSA) is 119 Å². The molecule has 0 aliphatic rings. The molecule has 0 bridgehead atoms. The lowest BCUT2D eigenvalue weighted by Gasteiger charge is -2.05. The van der Waals surface area contributed by atoms with Crippen molar-refractivity contribution in [3.05, 3.63) is 76.1 Å². The predicted molar refractivity (Wildman–Crippen MR) is 103 cm³/mol. The lowest BCUT2D eigenvalue weighted by atomic mass is 10.2. The Morgan fingerprint density at radius 2 is 1.86 bits per heavy atom. The van der Waals surface area contributed by atoms with E-state index in [0.29, 0.717) is 11.4 Å². The van der Waals surface area contributed by atoms with Crippen molar-refractivity contribution in [1.82, 2.24) is 20.4 Å². The summed E-state index contributed by atoms with van der Waals surface area (Å²) < 4.78 is 1.82. The molecule has 0 aliphatic heterocycles. The van der Waals surface area contributed by atoms with E-state index in [4.69, 9.17) is 0 Å². The van der Waals surface area contributed by atoms with E-state index in [9.17, 15) is 19.7 Å². The second kappa shape index (κ2) is 8.12.